The summed E-state index contributed by atoms with van der Waals surface area (Å²) in [5.74, 6) is 0.462. The first-order valence-corrected chi connectivity index (χ1v) is 12.8. The highest BCUT2D eigenvalue weighted by Gasteiger charge is 2.32. The van der Waals surface area contributed by atoms with Gasteiger partial charge in [-0.25, -0.2) is 13.4 Å². The Morgan fingerprint density at radius 2 is 1.88 bits per heavy atom. The van der Waals surface area contributed by atoms with Crippen LogP contribution < -0.4 is 4.90 Å². The molecule has 3 heterocycles. The third-order valence-corrected chi connectivity index (χ3v) is 8.57. The number of nitrogens with zero attached hydrogens (tertiary/aromatic N) is 5. The van der Waals surface area contributed by atoms with Crippen LogP contribution in [-0.2, 0) is 10.0 Å². The zero-order chi connectivity index (χ0) is 23.6. The molecule has 0 spiro atoms. The fourth-order valence-corrected chi connectivity index (χ4v) is 6.31. The molecule has 2 fully saturated rings. The van der Waals surface area contributed by atoms with E-state index in [0.717, 1.165) is 24.8 Å². The minimum absolute atomic E-state index is 0.0396. The number of rotatable bonds is 4. The van der Waals surface area contributed by atoms with Gasteiger partial charge >= 0.3 is 0 Å². The second-order valence-electron chi connectivity index (χ2n) is 8.70. The molecule has 1 unspecified atom stereocenters. The van der Waals surface area contributed by atoms with Crippen LogP contribution in [0.2, 0.25) is 0 Å². The van der Waals surface area contributed by atoms with E-state index < -0.39 is 10.0 Å². The second kappa shape index (κ2) is 9.49. The number of hydrogen-bond acceptors (Lipinski definition) is 6. The lowest BCUT2D eigenvalue weighted by Crippen LogP contribution is -2.49. The molecular formula is C24H29N5O3S. The van der Waals surface area contributed by atoms with Crippen LogP contribution in [0.1, 0.15) is 47.7 Å². The highest BCUT2D eigenvalue weighted by atomic mass is 32.2. The number of piperidine rings is 1. The molecule has 2 aliphatic rings. The van der Waals surface area contributed by atoms with Gasteiger partial charge in [-0.15, -0.1) is 0 Å². The average Bonchev–Trinajstić information content (AvgIpc) is 2.84. The quantitative estimate of drug-likeness (QED) is 0.686. The summed E-state index contributed by atoms with van der Waals surface area (Å²) in [6.07, 6.45) is 4.40. The number of sulfonamides is 1. The molecule has 0 radical (unpaired) electrons. The number of aromatic nitrogens is 1. The van der Waals surface area contributed by atoms with E-state index >= 15 is 0 Å². The number of carbonyl (C=O) groups excluding carboxylic acids is 1. The van der Waals surface area contributed by atoms with Gasteiger partial charge in [0.1, 0.15) is 11.9 Å². The first-order chi connectivity index (χ1) is 15.8. The van der Waals surface area contributed by atoms with Crippen molar-refractivity contribution >= 4 is 21.7 Å². The summed E-state index contributed by atoms with van der Waals surface area (Å²) in [5.41, 5.74) is 1.69. The first kappa shape index (κ1) is 23.2. The van der Waals surface area contributed by atoms with Gasteiger partial charge in [-0.1, -0.05) is 12.5 Å². The lowest BCUT2D eigenvalue weighted by Gasteiger charge is -2.36. The van der Waals surface area contributed by atoms with Gasteiger partial charge in [0.05, 0.1) is 10.5 Å². The summed E-state index contributed by atoms with van der Waals surface area (Å²) in [5, 5.41) is 9.34. The van der Waals surface area contributed by atoms with E-state index in [2.05, 4.69) is 11.1 Å². The Bertz CT molecular complexity index is 1180. The summed E-state index contributed by atoms with van der Waals surface area (Å²) in [6.45, 7) is 6.34. The molecule has 0 saturated carbocycles. The van der Waals surface area contributed by atoms with Gasteiger partial charge in [-0.3, -0.25) is 4.79 Å². The summed E-state index contributed by atoms with van der Waals surface area (Å²) < 4.78 is 28.1. The fraction of sp³-hybridized carbons (Fsp3) is 0.458. The molecule has 2 aliphatic heterocycles. The van der Waals surface area contributed by atoms with Crippen molar-refractivity contribution in [3.8, 4) is 6.07 Å². The zero-order valence-electron chi connectivity index (χ0n) is 19.1. The predicted octanol–water partition coefficient (Wildman–Crippen LogP) is 2.79. The fourth-order valence-electron chi connectivity index (χ4n) is 4.58. The molecule has 2 aromatic rings. The largest absolute Gasteiger partial charge is 0.352 e. The third kappa shape index (κ3) is 4.59. The maximum absolute atomic E-state index is 13.3. The van der Waals surface area contributed by atoms with E-state index in [9.17, 15) is 18.5 Å². The average molecular weight is 468 g/mol. The molecule has 4 rings (SSSR count). The van der Waals surface area contributed by atoms with Crippen LogP contribution in [-0.4, -0.2) is 67.3 Å². The number of piperazine rings is 1. The molecule has 1 aromatic heterocycles. The van der Waals surface area contributed by atoms with Gasteiger partial charge in [0.25, 0.3) is 5.91 Å². The van der Waals surface area contributed by atoms with Crippen LogP contribution in [0.4, 0.5) is 5.82 Å². The monoisotopic (exact) mass is 467 g/mol. The van der Waals surface area contributed by atoms with Crippen molar-refractivity contribution in [2.75, 3.05) is 37.6 Å². The molecule has 174 valence electrons. The predicted molar refractivity (Wildman–Crippen MR) is 125 cm³/mol. The summed E-state index contributed by atoms with van der Waals surface area (Å²) >= 11 is 0. The van der Waals surface area contributed by atoms with Crippen LogP contribution in [0, 0.1) is 18.3 Å². The van der Waals surface area contributed by atoms with Crippen molar-refractivity contribution in [1.29, 1.82) is 5.26 Å². The number of carbonyl (C=O) groups is 1. The third-order valence-electron chi connectivity index (χ3n) is 6.56. The molecule has 0 bridgehead atoms. The highest BCUT2D eigenvalue weighted by Crippen LogP contribution is 2.27. The van der Waals surface area contributed by atoms with Gasteiger partial charge in [0.2, 0.25) is 10.0 Å². The van der Waals surface area contributed by atoms with Crippen LogP contribution in [0.3, 0.4) is 0 Å². The molecule has 1 aromatic carbocycles. The van der Waals surface area contributed by atoms with E-state index in [1.165, 1.54) is 6.07 Å². The van der Waals surface area contributed by atoms with Crippen LogP contribution in [0.25, 0.3) is 0 Å². The van der Waals surface area contributed by atoms with E-state index in [1.807, 2.05) is 18.7 Å². The molecule has 8 nitrogen and oxygen atoms in total. The lowest BCUT2D eigenvalue weighted by atomic mass is 10.1. The number of amides is 1. The second-order valence-corrected chi connectivity index (χ2v) is 10.6. The zero-order valence-corrected chi connectivity index (χ0v) is 19.9. The lowest BCUT2D eigenvalue weighted by molar-refractivity contribution is 0.0745. The van der Waals surface area contributed by atoms with Crippen molar-refractivity contribution in [3.05, 3.63) is 53.2 Å². The van der Waals surface area contributed by atoms with Crippen molar-refractivity contribution in [2.24, 2.45) is 0 Å². The Morgan fingerprint density at radius 3 is 2.58 bits per heavy atom. The van der Waals surface area contributed by atoms with Crippen molar-refractivity contribution in [2.45, 2.75) is 44.0 Å². The van der Waals surface area contributed by atoms with E-state index in [0.29, 0.717) is 49.7 Å². The van der Waals surface area contributed by atoms with Gasteiger partial charge in [0.15, 0.2) is 0 Å². The molecule has 1 amide bonds. The Hall–Kier alpha value is -2.96. The topological polar surface area (TPSA) is 97.6 Å². The molecule has 0 aliphatic carbocycles. The molecule has 1 atom stereocenters. The van der Waals surface area contributed by atoms with E-state index in [4.69, 9.17) is 0 Å². The first-order valence-electron chi connectivity index (χ1n) is 11.3. The van der Waals surface area contributed by atoms with Crippen molar-refractivity contribution in [1.82, 2.24) is 14.2 Å². The Labute approximate surface area is 195 Å². The Balaban J connectivity index is 1.52. The molecule has 33 heavy (non-hydrogen) atoms. The number of anilines is 1. The molecule has 2 saturated heterocycles. The maximum Gasteiger partial charge on any atom is 0.254 e. The number of pyridine rings is 1. The molecule has 0 N–H and O–H groups in total. The number of benzene rings is 1. The van der Waals surface area contributed by atoms with Crippen molar-refractivity contribution in [3.63, 3.8) is 0 Å². The number of hydrogen-bond donors (Lipinski definition) is 0. The minimum Gasteiger partial charge on any atom is -0.352 e. The summed E-state index contributed by atoms with van der Waals surface area (Å²) in [6, 6.07) is 10.4. The maximum atomic E-state index is 13.3. The van der Waals surface area contributed by atoms with Gasteiger partial charge in [0, 0.05) is 50.5 Å². The Kier molecular flexibility index (Phi) is 6.68. The smallest absolute Gasteiger partial charge is 0.254 e. The van der Waals surface area contributed by atoms with Crippen LogP contribution >= 0.6 is 0 Å². The number of aryl methyl sites for hydroxylation is 1. The molecule has 9 heteroatoms. The summed E-state index contributed by atoms with van der Waals surface area (Å²) in [4.78, 5) is 21.6. The summed E-state index contributed by atoms with van der Waals surface area (Å²) in [7, 11) is -3.65. The van der Waals surface area contributed by atoms with E-state index in [1.54, 1.807) is 39.7 Å². The van der Waals surface area contributed by atoms with Crippen LogP contribution in [0.15, 0.2) is 41.4 Å². The Morgan fingerprint density at radius 1 is 1.12 bits per heavy atom. The SMILES string of the molecule is Cc1ccc(S(=O)(=O)N2CCCCC2C)cc1C(=O)N1CCN(c2ncccc2C#N)CC1. The van der Waals surface area contributed by atoms with Gasteiger partial charge in [-0.05, 0) is 56.5 Å². The van der Waals surface area contributed by atoms with Crippen molar-refractivity contribution < 1.29 is 13.2 Å². The molecular weight excluding hydrogens is 438 g/mol. The minimum atomic E-state index is -3.65. The highest BCUT2D eigenvalue weighted by molar-refractivity contribution is 7.89. The van der Waals surface area contributed by atoms with Gasteiger partial charge < -0.3 is 9.80 Å². The van der Waals surface area contributed by atoms with E-state index in [-0.39, 0.29) is 16.8 Å². The standard InChI is InChI=1S/C24H29N5O3S/c1-18-8-9-21(33(31,32)29-11-4-3-6-19(29)2)16-22(18)24(30)28-14-12-27(13-15-28)23-20(17-25)7-5-10-26-23/h5,7-10,16,19H,3-4,6,11-15H2,1-2H3. The normalized spacial score (nSPS) is 19.8. The van der Waals surface area contributed by atoms with Gasteiger partial charge in [-0.2, -0.15) is 9.57 Å². The van der Waals surface area contributed by atoms with Crippen LogP contribution in [0.5, 0.6) is 0 Å². The number of nitriles is 1.